The second-order valence-corrected chi connectivity index (χ2v) is 5.53. The van der Waals surface area contributed by atoms with E-state index in [1.54, 1.807) is 0 Å². The van der Waals surface area contributed by atoms with Gasteiger partial charge in [0.25, 0.3) is 5.91 Å². The van der Waals surface area contributed by atoms with Gasteiger partial charge in [0.2, 0.25) is 0 Å². The molecule has 3 N–H and O–H groups in total. The predicted molar refractivity (Wildman–Crippen MR) is 75.8 cm³/mol. The molecule has 2 aliphatic rings. The van der Waals surface area contributed by atoms with Crippen molar-refractivity contribution >= 4 is 18.3 Å². The maximum absolute atomic E-state index is 12.1. The summed E-state index contributed by atoms with van der Waals surface area (Å²) in [5, 5.41) is 13.5. The number of hydrogen-bond donors (Lipinski definition) is 3. The Hall–Kier alpha value is -1.07. The summed E-state index contributed by atoms with van der Waals surface area (Å²) in [5.41, 5.74) is 1.64. The van der Waals surface area contributed by atoms with Crippen LogP contribution in [0.25, 0.3) is 0 Å². The SMILES string of the molecule is CC1CC(NC(=O)c2cc(C3CC3)[nH]n2)CCN1.Cl. The topological polar surface area (TPSA) is 69.8 Å². The number of carbonyl (C=O) groups is 1. The van der Waals surface area contributed by atoms with Crippen molar-refractivity contribution in [3.63, 3.8) is 0 Å². The molecule has 1 aliphatic carbocycles. The Bertz CT molecular complexity index is 444. The lowest BCUT2D eigenvalue weighted by molar-refractivity contribution is 0.0920. The van der Waals surface area contributed by atoms with Crippen LogP contribution < -0.4 is 10.6 Å². The van der Waals surface area contributed by atoms with Gasteiger partial charge in [-0.05, 0) is 45.2 Å². The number of piperidine rings is 1. The quantitative estimate of drug-likeness (QED) is 0.789. The molecular formula is C13H21ClN4O. The molecule has 2 heterocycles. The molecule has 0 aromatic carbocycles. The molecule has 1 amide bonds. The van der Waals surface area contributed by atoms with Crippen LogP contribution in [-0.4, -0.2) is 34.7 Å². The second kappa shape index (κ2) is 5.92. The van der Waals surface area contributed by atoms with E-state index in [0.717, 1.165) is 25.1 Å². The molecular weight excluding hydrogens is 264 g/mol. The summed E-state index contributed by atoms with van der Waals surface area (Å²) in [4.78, 5) is 12.1. The van der Waals surface area contributed by atoms with Crippen molar-refractivity contribution in [2.75, 3.05) is 6.54 Å². The lowest BCUT2D eigenvalue weighted by atomic mass is 10.0. The van der Waals surface area contributed by atoms with Gasteiger partial charge in [-0.15, -0.1) is 12.4 Å². The number of H-pyrrole nitrogens is 1. The third-order valence-corrected chi connectivity index (χ3v) is 3.81. The van der Waals surface area contributed by atoms with Gasteiger partial charge in [-0.1, -0.05) is 0 Å². The maximum Gasteiger partial charge on any atom is 0.271 e. The van der Waals surface area contributed by atoms with Crippen molar-refractivity contribution in [3.05, 3.63) is 17.5 Å². The Morgan fingerprint density at radius 1 is 1.42 bits per heavy atom. The Kier molecular flexibility index (Phi) is 4.47. The predicted octanol–water partition coefficient (Wildman–Crippen LogP) is 1.58. The van der Waals surface area contributed by atoms with E-state index in [9.17, 15) is 4.79 Å². The summed E-state index contributed by atoms with van der Waals surface area (Å²) in [6, 6.07) is 2.65. The van der Waals surface area contributed by atoms with Crippen LogP contribution in [0.2, 0.25) is 0 Å². The minimum absolute atomic E-state index is 0. The van der Waals surface area contributed by atoms with Crippen LogP contribution in [0.4, 0.5) is 0 Å². The molecule has 1 aromatic heterocycles. The smallest absolute Gasteiger partial charge is 0.271 e. The highest BCUT2D eigenvalue weighted by molar-refractivity contribution is 5.92. The Labute approximate surface area is 119 Å². The molecule has 2 atom stereocenters. The van der Waals surface area contributed by atoms with Gasteiger partial charge in [0.05, 0.1) is 0 Å². The third kappa shape index (κ3) is 3.48. The first kappa shape index (κ1) is 14.3. The average molecular weight is 285 g/mol. The zero-order chi connectivity index (χ0) is 12.5. The van der Waals surface area contributed by atoms with Gasteiger partial charge in [-0.3, -0.25) is 9.89 Å². The Balaban J connectivity index is 0.00000133. The van der Waals surface area contributed by atoms with Crippen LogP contribution in [0.1, 0.15) is 54.7 Å². The highest BCUT2D eigenvalue weighted by Crippen LogP contribution is 2.38. The third-order valence-electron chi connectivity index (χ3n) is 3.81. The highest BCUT2D eigenvalue weighted by atomic mass is 35.5. The van der Waals surface area contributed by atoms with Crippen molar-refractivity contribution in [1.29, 1.82) is 0 Å². The van der Waals surface area contributed by atoms with E-state index in [1.807, 2.05) is 6.07 Å². The summed E-state index contributed by atoms with van der Waals surface area (Å²) in [6.07, 6.45) is 4.42. The molecule has 3 rings (SSSR count). The molecule has 2 fully saturated rings. The van der Waals surface area contributed by atoms with Crippen molar-refractivity contribution in [3.8, 4) is 0 Å². The fourth-order valence-electron chi connectivity index (χ4n) is 2.58. The van der Waals surface area contributed by atoms with Crippen molar-refractivity contribution < 1.29 is 4.79 Å². The van der Waals surface area contributed by atoms with Gasteiger partial charge in [0.1, 0.15) is 5.69 Å². The Morgan fingerprint density at radius 2 is 2.21 bits per heavy atom. The standard InChI is InChI=1S/C13H20N4O.ClH/c1-8-6-10(4-5-14-8)15-13(18)12-7-11(16-17-12)9-2-3-9;/h7-10,14H,2-6H2,1H3,(H,15,18)(H,16,17);1H. The molecule has 0 radical (unpaired) electrons. The molecule has 2 unspecified atom stereocenters. The van der Waals surface area contributed by atoms with Crippen LogP contribution in [0, 0.1) is 0 Å². The first-order valence-corrected chi connectivity index (χ1v) is 6.82. The summed E-state index contributed by atoms with van der Waals surface area (Å²) in [6.45, 7) is 3.12. The van der Waals surface area contributed by atoms with Gasteiger partial charge in [0, 0.05) is 23.7 Å². The van der Waals surface area contributed by atoms with E-state index < -0.39 is 0 Å². The van der Waals surface area contributed by atoms with E-state index in [-0.39, 0.29) is 24.4 Å². The molecule has 0 spiro atoms. The zero-order valence-electron chi connectivity index (χ0n) is 11.1. The number of aromatic amines is 1. The fraction of sp³-hybridized carbons (Fsp3) is 0.692. The van der Waals surface area contributed by atoms with E-state index in [4.69, 9.17) is 0 Å². The van der Waals surface area contributed by atoms with Crippen LogP contribution >= 0.6 is 12.4 Å². The second-order valence-electron chi connectivity index (χ2n) is 5.53. The largest absolute Gasteiger partial charge is 0.348 e. The monoisotopic (exact) mass is 284 g/mol. The minimum atomic E-state index is -0.0442. The molecule has 19 heavy (non-hydrogen) atoms. The van der Waals surface area contributed by atoms with Crippen molar-refractivity contribution in [2.24, 2.45) is 0 Å². The van der Waals surface area contributed by atoms with Crippen molar-refractivity contribution in [1.82, 2.24) is 20.8 Å². The molecule has 1 aromatic rings. The number of rotatable bonds is 3. The molecule has 5 nitrogen and oxygen atoms in total. The normalized spacial score (nSPS) is 26.6. The zero-order valence-corrected chi connectivity index (χ0v) is 11.9. The van der Waals surface area contributed by atoms with Gasteiger partial charge in [0.15, 0.2) is 0 Å². The van der Waals surface area contributed by atoms with Crippen LogP contribution in [0.3, 0.4) is 0 Å². The number of nitrogens with zero attached hydrogens (tertiary/aromatic N) is 1. The molecule has 106 valence electrons. The molecule has 1 aliphatic heterocycles. The first-order chi connectivity index (χ1) is 8.72. The fourth-order valence-corrected chi connectivity index (χ4v) is 2.58. The molecule has 0 bridgehead atoms. The number of amides is 1. The van der Waals surface area contributed by atoms with Gasteiger partial charge in [-0.2, -0.15) is 5.10 Å². The number of halogens is 1. The summed E-state index contributed by atoms with van der Waals surface area (Å²) in [5.74, 6) is 0.565. The van der Waals surface area contributed by atoms with E-state index in [2.05, 4.69) is 27.8 Å². The van der Waals surface area contributed by atoms with E-state index in [0.29, 0.717) is 17.7 Å². The number of nitrogens with one attached hydrogen (secondary N) is 3. The van der Waals surface area contributed by atoms with Gasteiger partial charge < -0.3 is 10.6 Å². The maximum atomic E-state index is 12.1. The minimum Gasteiger partial charge on any atom is -0.348 e. The lowest BCUT2D eigenvalue weighted by Gasteiger charge is -2.28. The number of hydrogen-bond acceptors (Lipinski definition) is 3. The number of aromatic nitrogens is 2. The average Bonchev–Trinajstić information content (AvgIpc) is 3.07. The lowest BCUT2D eigenvalue weighted by Crippen LogP contribution is -2.46. The van der Waals surface area contributed by atoms with E-state index >= 15 is 0 Å². The first-order valence-electron chi connectivity index (χ1n) is 6.82. The van der Waals surface area contributed by atoms with Crippen LogP contribution in [-0.2, 0) is 0 Å². The summed E-state index contributed by atoms with van der Waals surface area (Å²) < 4.78 is 0. The summed E-state index contributed by atoms with van der Waals surface area (Å²) in [7, 11) is 0. The molecule has 6 heteroatoms. The molecule has 1 saturated heterocycles. The molecule has 1 saturated carbocycles. The van der Waals surface area contributed by atoms with E-state index in [1.165, 1.54) is 12.8 Å². The highest BCUT2D eigenvalue weighted by Gasteiger charge is 2.27. The van der Waals surface area contributed by atoms with Gasteiger partial charge >= 0.3 is 0 Å². The van der Waals surface area contributed by atoms with Crippen molar-refractivity contribution in [2.45, 2.75) is 50.6 Å². The number of carbonyl (C=O) groups excluding carboxylic acids is 1. The van der Waals surface area contributed by atoms with Crippen LogP contribution in [0.15, 0.2) is 6.07 Å². The van der Waals surface area contributed by atoms with Crippen LogP contribution in [0.5, 0.6) is 0 Å². The van der Waals surface area contributed by atoms with Gasteiger partial charge in [-0.25, -0.2) is 0 Å². The Morgan fingerprint density at radius 3 is 2.89 bits per heavy atom. The summed E-state index contributed by atoms with van der Waals surface area (Å²) >= 11 is 0.